The molecule has 0 spiro atoms. The number of hydrogen-bond donors (Lipinski definition) is 2. The summed E-state index contributed by atoms with van der Waals surface area (Å²) in [6.45, 7) is 5.72. The normalized spacial score (nSPS) is 16.5. The lowest BCUT2D eigenvalue weighted by atomic mass is 9.75. The Kier molecular flexibility index (Phi) is 3.53. The maximum absolute atomic E-state index is 12.3. The molecule has 0 unspecified atom stereocenters. The molecule has 0 radical (unpaired) electrons. The van der Waals surface area contributed by atoms with Gasteiger partial charge < -0.3 is 5.10 Å². The van der Waals surface area contributed by atoms with Crippen molar-refractivity contribution >= 4 is 27.8 Å². The average molecular weight is 329 g/mol. The zero-order valence-corrected chi connectivity index (χ0v) is 13.8. The number of aromatic amines is 2. The van der Waals surface area contributed by atoms with E-state index in [9.17, 15) is 14.9 Å². The van der Waals surface area contributed by atoms with Crippen LogP contribution in [0.3, 0.4) is 0 Å². The predicted molar refractivity (Wildman–Crippen MR) is 85.8 cm³/mol. The Morgan fingerprint density at radius 1 is 1.22 bits per heavy atom. The fourth-order valence-corrected chi connectivity index (χ4v) is 3.77. The third-order valence-electron chi connectivity index (χ3n) is 3.82. The van der Waals surface area contributed by atoms with Crippen LogP contribution in [0.2, 0.25) is 0 Å². The molecule has 0 amide bonds. The number of H-pyrrole nitrogens is 2. The Bertz CT molecular complexity index is 923. The molecule has 0 saturated heterocycles. The number of carbonyl (C=O) groups is 1. The van der Waals surface area contributed by atoms with Gasteiger partial charge in [0.15, 0.2) is 16.5 Å². The number of nitrogens with one attached hydrogen (secondary N) is 2. The highest BCUT2D eigenvalue weighted by atomic mass is 32.1. The molecular weight excluding hydrogens is 314 g/mol. The third-order valence-corrected chi connectivity index (χ3v) is 4.98. The van der Waals surface area contributed by atoms with Crippen LogP contribution in [0.15, 0.2) is 15.0 Å². The first-order chi connectivity index (χ1) is 10.8. The van der Waals surface area contributed by atoms with Crippen molar-refractivity contribution in [3.05, 3.63) is 32.1 Å². The van der Waals surface area contributed by atoms with Crippen molar-refractivity contribution in [2.75, 3.05) is 0 Å². The van der Waals surface area contributed by atoms with Crippen LogP contribution in [0.1, 0.15) is 46.8 Å². The van der Waals surface area contributed by atoms with E-state index in [1.807, 2.05) is 13.8 Å². The molecule has 23 heavy (non-hydrogen) atoms. The van der Waals surface area contributed by atoms with Crippen LogP contribution in [0, 0.1) is 23.7 Å². The maximum atomic E-state index is 12.3. The summed E-state index contributed by atoms with van der Waals surface area (Å²) in [6, 6.07) is 2.13. The van der Waals surface area contributed by atoms with Gasteiger partial charge in [0.1, 0.15) is 6.07 Å². The van der Waals surface area contributed by atoms with Crippen molar-refractivity contribution in [2.45, 2.75) is 33.6 Å². The molecule has 1 aliphatic carbocycles. The van der Waals surface area contributed by atoms with E-state index < -0.39 is 0 Å². The zero-order valence-electron chi connectivity index (χ0n) is 13.0. The number of aryl methyl sites for hydroxylation is 1. The molecular formula is C15H15N5O2S. The van der Waals surface area contributed by atoms with E-state index in [2.05, 4.69) is 26.5 Å². The van der Waals surface area contributed by atoms with Gasteiger partial charge >= 0.3 is 0 Å². The standard InChI is InChI=1S/C15H15N5O2S/c1-7-11(13(22)19-17-7)18-20-14-9(6-16)8-4-15(2,3)5-10(21)12(8)23-14/h4-5H2,1-3H3,(H2,17,19,22). The highest BCUT2D eigenvalue weighted by Crippen LogP contribution is 2.44. The molecule has 1 aliphatic rings. The number of Topliss-reactive ketones (excluding diaryl/α,β-unsaturated/α-hetero) is 1. The van der Waals surface area contributed by atoms with Gasteiger partial charge in [-0.3, -0.25) is 14.7 Å². The Labute approximate surface area is 136 Å². The molecule has 0 bridgehead atoms. The molecule has 0 atom stereocenters. The molecule has 0 aliphatic heterocycles. The summed E-state index contributed by atoms with van der Waals surface area (Å²) in [5.41, 5.74) is 1.34. The maximum Gasteiger partial charge on any atom is 0.291 e. The van der Waals surface area contributed by atoms with E-state index in [0.717, 1.165) is 5.56 Å². The van der Waals surface area contributed by atoms with Crippen molar-refractivity contribution in [3.8, 4) is 6.07 Å². The summed E-state index contributed by atoms with van der Waals surface area (Å²) in [5, 5.41) is 22.9. The van der Waals surface area contributed by atoms with Gasteiger partial charge in [-0.1, -0.05) is 13.8 Å². The Balaban J connectivity index is 2.08. The number of ketones is 1. The molecule has 0 fully saturated rings. The topological polar surface area (TPSA) is 114 Å². The number of azo groups is 1. The monoisotopic (exact) mass is 329 g/mol. The van der Waals surface area contributed by atoms with Gasteiger partial charge in [-0.15, -0.1) is 21.6 Å². The molecule has 3 rings (SSSR count). The second kappa shape index (κ2) is 5.28. The lowest BCUT2D eigenvalue weighted by Gasteiger charge is -2.28. The van der Waals surface area contributed by atoms with Crippen LogP contribution in [-0.4, -0.2) is 16.0 Å². The average Bonchev–Trinajstić information content (AvgIpc) is 2.96. The minimum atomic E-state index is -0.372. The van der Waals surface area contributed by atoms with Crippen molar-refractivity contribution in [1.82, 2.24) is 10.2 Å². The van der Waals surface area contributed by atoms with Crippen molar-refractivity contribution < 1.29 is 4.79 Å². The smallest absolute Gasteiger partial charge is 0.291 e. The number of rotatable bonds is 2. The third kappa shape index (κ3) is 2.64. The van der Waals surface area contributed by atoms with E-state index >= 15 is 0 Å². The van der Waals surface area contributed by atoms with E-state index in [1.165, 1.54) is 11.3 Å². The highest BCUT2D eigenvalue weighted by molar-refractivity contribution is 7.18. The van der Waals surface area contributed by atoms with Crippen LogP contribution < -0.4 is 5.56 Å². The SMILES string of the molecule is Cc1[nH][nH]c(=O)c1N=Nc1sc2c(c1C#N)CC(C)(C)CC2=O. The highest BCUT2D eigenvalue weighted by Gasteiger charge is 2.35. The number of thiophene rings is 1. The van der Waals surface area contributed by atoms with E-state index in [0.29, 0.717) is 34.0 Å². The molecule has 0 aromatic carbocycles. The van der Waals surface area contributed by atoms with Crippen LogP contribution in [-0.2, 0) is 6.42 Å². The van der Waals surface area contributed by atoms with Crippen LogP contribution >= 0.6 is 11.3 Å². The van der Waals surface area contributed by atoms with Crippen LogP contribution in [0.5, 0.6) is 0 Å². The van der Waals surface area contributed by atoms with E-state index in [1.54, 1.807) is 6.92 Å². The summed E-state index contributed by atoms with van der Waals surface area (Å²) >= 11 is 1.17. The molecule has 2 aromatic heterocycles. The number of hydrogen-bond acceptors (Lipinski definition) is 6. The van der Waals surface area contributed by atoms with Crippen molar-refractivity contribution in [1.29, 1.82) is 5.26 Å². The number of aromatic nitrogens is 2. The summed E-state index contributed by atoms with van der Waals surface area (Å²) in [7, 11) is 0. The largest absolute Gasteiger partial charge is 0.300 e. The zero-order chi connectivity index (χ0) is 16.8. The van der Waals surface area contributed by atoms with Gasteiger partial charge in [-0.05, 0) is 24.3 Å². The van der Waals surface area contributed by atoms with E-state index in [4.69, 9.17) is 0 Å². The summed E-state index contributed by atoms with van der Waals surface area (Å²) in [5.74, 6) is 0.0369. The molecule has 2 heterocycles. The Hall–Kier alpha value is -2.53. The lowest BCUT2D eigenvalue weighted by Crippen LogP contribution is -2.25. The van der Waals surface area contributed by atoms with Gasteiger partial charge in [0, 0.05) is 6.42 Å². The van der Waals surface area contributed by atoms with Gasteiger partial charge in [-0.25, -0.2) is 0 Å². The van der Waals surface area contributed by atoms with Gasteiger partial charge in [0.2, 0.25) is 0 Å². The molecule has 0 saturated carbocycles. The fraction of sp³-hybridized carbons (Fsp3) is 0.400. The van der Waals surface area contributed by atoms with E-state index in [-0.39, 0.29) is 22.4 Å². The fourth-order valence-electron chi connectivity index (χ4n) is 2.74. The lowest BCUT2D eigenvalue weighted by molar-refractivity contribution is 0.0917. The van der Waals surface area contributed by atoms with Gasteiger partial charge in [-0.2, -0.15) is 5.26 Å². The summed E-state index contributed by atoms with van der Waals surface area (Å²) < 4.78 is 0. The summed E-state index contributed by atoms with van der Waals surface area (Å²) in [4.78, 5) is 24.5. The van der Waals surface area contributed by atoms with Crippen LogP contribution in [0.4, 0.5) is 10.7 Å². The minimum Gasteiger partial charge on any atom is -0.300 e. The second-order valence-corrected chi connectivity index (χ2v) is 7.39. The second-order valence-electron chi connectivity index (χ2n) is 6.40. The first kappa shape index (κ1) is 15.4. The van der Waals surface area contributed by atoms with Crippen molar-refractivity contribution in [2.24, 2.45) is 15.6 Å². The van der Waals surface area contributed by atoms with Gasteiger partial charge in [0.05, 0.1) is 16.1 Å². The summed E-state index contributed by atoms with van der Waals surface area (Å²) in [6.07, 6.45) is 1.12. The first-order valence-corrected chi connectivity index (χ1v) is 7.92. The number of carbonyl (C=O) groups excluding carboxylic acids is 1. The molecule has 7 nitrogen and oxygen atoms in total. The molecule has 2 aromatic rings. The molecule has 8 heteroatoms. The number of nitriles is 1. The Morgan fingerprint density at radius 2 is 1.96 bits per heavy atom. The molecule has 118 valence electrons. The van der Waals surface area contributed by atoms with Gasteiger partial charge in [0.25, 0.3) is 5.56 Å². The number of nitrogens with zero attached hydrogens (tertiary/aromatic N) is 3. The minimum absolute atomic E-state index is 0.0369. The van der Waals surface area contributed by atoms with Crippen molar-refractivity contribution in [3.63, 3.8) is 0 Å². The van der Waals surface area contributed by atoms with Crippen LogP contribution in [0.25, 0.3) is 0 Å². The first-order valence-electron chi connectivity index (χ1n) is 7.10. The Morgan fingerprint density at radius 3 is 2.57 bits per heavy atom. The molecule has 2 N–H and O–H groups in total. The quantitative estimate of drug-likeness (QED) is 0.821. The number of fused-ring (bicyclic) bond motifs is 1. The predicted octanol–water partition coefficient (Wildman–Crippen LogP) is 3.52.